The third kappa shape index (κ3) is 7.86. The first-order valence-corrected chi connectivity index (χ1v) is 6.66. The SMILES string of the molecule is CCCOC(=O)c1cc(OC)cs1.NS(=O)[O-]. The maximum Gasteiger partial charge on any atom is 0.348 e. The molecular weight excluding hydrogens is 266 g/mol. The van der Waals surface area contributed by atoms with Crippen LogP contribution in [-0.2, 0) is 16.0 Å². The number of methoxy groups -OCH3 is 1. The van der Waals surface area contributed by atoms with Crippen molar-refractivity contribution in [1.82, 2.24) is 0 Å². The quantitative estimate of drug-likeness (QED) is 0.656. The second-order valence-corrected chi connectivity index (χ2v) is 4.18. The maximum atomic E-state index is 11.3. The lowest BCUT2D eigenvalue weighted by Gasteiger charge is -1.98. The van der Waals surface area contributed by atoms with E-state index in [4.69, 9.17) is 18.2 Å². The third-order valence-corrected chi connectivity index (χ3v) is 2.34. The van der Waals surface area contributed by atoms with E-state index in [0.29, 0.717) is 17.2 Å². The molecule has 0 saturated carbocycles. The fourth-order valence-electron chi connectivity index (χ4n) is 0.799. The largest absolute Gasteiger partial charge is 0.760 e. The molecule has 0 aliphatic rings. The van der Waals surface area contributed by atoms with Crippen molar-refractivity contribution in [3.05, 3.63) is 16.3 Å². The van der Waals surface area contributed by atoms with Gasteiger partial charge in [0.25, 0.3) is 0 Å². The molecule has 6 nitrogen and oxygen atoms in total. The van der Waals surface area contributed by atoms with Gasteiger partial charge in [0, 0.05) is 22.7 Å². The minimum Gasteiger partial charge on any atom is -0.760 e. The number of hydrogen-bond donors (Lipinski definition) is 1. The lowest BCUT2D eigenvalue weighted by atomic mass is 10.4. The lowest BCUT2D eigenvalue weighted by Crippen LogP contribution is -2.03. The van der Waals surface area contributed by atoms with Crippen LogP contribution in [0.15, 0.2) is 11.4 Å². The monoisotopic (exact) mass is 280 g/mol. The van der Waals surface area contributed by atoms with Gasteiger partial charge in [-0.3, -0.25) is 9.35 Å². The Hall–Kier alpha value is -0.960. The molecule has 2 N–H and O–H groups in total. The molecule has 1 atom stereocenters. The minimum atomic E-state index is -2.36. The first-order valence-electron chi connectivity index (χ1n) is 4.64. The van der Waals surface area contributed by atoms with Crippen LogP contribution in [0.2, 0.25) is 0 Å². The van der Waals surface area contributed by atoms with Crippen LogP contribution < -0.4 is 9.88 Å². The number of hydrogen-bond acceptors (Lipinski definition) is 6. The van der Waals surface area contributed by atoms with Crippen LogP contribution in [0.3, 0.4) is 0 Å². The molecule has 0 spiro atoms. The Balaban J connectivity index is 0.000000557. The van der Waals surface area contributed by atoms with Crippen LogP contribution in [0.4, 0.5) is 0 Å². The number of carbonyl (C=O) groups excluding carboxylic acids is 1. The summed E-state index contributed by atoms with van der Waals surface area (Å²) in [6, 6.07) is 1.68. The Labute approximate surface area is 106 Å². The minimum absolute atomic E-state index is 0.268. The molecular formula is C9H14NO5S2-. The summed E-state index contributed by atoms with van der Waals surface area (Å²) in [7, 11) is 1.57. The van der Waals surface area contributed by atoms with Crippen molar-refractivity contribution < 1.29 is 23.0 Å². The summed E-state index contributed by atoms with van der Waals surface area (Å²) in [6.45, 7) is 2.43. The Morgan fingerprint density at radius 1 is 1.65 bits per heavy atom. The molecule has 0 amide bonds. The van der Waals surface area contributed by atoms with E-state index in [-0.39, 0.29) is 5.97 Å². The van der Waals surface area contributed by atoms with Crippen LogP contribution >= 0.6 is 11.3 Å². The zero-order valence-electron chi connectivity index (χ0n) is 9.50. The van der Waals surface area contributed by atoms with Gasteiger partial charge in [-0.25, -0.2) is 4.79 Å². The van der Waals surface area contributed by atoms with Crippen molar-refractivity contribution >= 4 is 28.6 Å². The van der Waals surface area contributed by atoms with E-state index in [1.807, 2.05) is 6.92 Å². The molecule has 1 aromatic rings. The number of carbonyl (C=O) groups is 1. The summed E-state index contributed by atoms with van der Waals surface area (Å²) in [4.78, 5) is 11.9. The first kappa shape index (κ1) is 16.0. The number of thiophene rings is 1. The van der Waals surface area contributed by atoms with Gasteiger partial charge in [0.2, 0.25) is 0 Å². The third-order valence-electron chi connectivity index (χ3n) is 1.45. The second kappa shape index (κ2) is 9.11. The Morgan fingerprint density at radius 2 is 2.24 bits per heavy atom. The molecule has 0 fully saturated rings. The number of rotatable bonds is 4. The Bertz CT molecular complexity index is 362. The molecule has 1 heterocycles. The van der Waals surface area contributed by atoms with Crippen LogP contribution in [0.25, 0.3) is 0 Å². The number of esters is 1. The predicted molar refractivity (Wildman–Crippen MR) is 64.6 cm³/mol. The standard InChI is InChI=1S/C9H12O3S.H3NO2S/c1-3-4-12-9(10)8-5-7(11-2)6-13-8;1-4(2)3/h5-6H,3-4H2,1-2H3;1H2,(H,2,3)/p-1. The lowest BCUT2D eigenvalue weighted by molar-refractivity contribution is 0.0510. The van der Waals surface area contributed by atoms with Gasteiger partial charge in [0.05, 0.1) is 13.7 Å². The molecule has 1 rings (SSSR count). The van der Waals surface area contributed by atoms with Crippen LogP contribution in [0.1, 0.15) is 23.0 Å². The maximum absolute atomic E-state index is 11.3. The highest BCUT2D eigenvalue weighted by Crippen LogP contribution is 2.21. The van der Waals surface area contributed by atoms with E-state index in [2.05, 4.69) is 5.14 Å². The molecule has 1 aromatic heterocycles. The molecule has 98 valence electrons. The summed E-state index contributed by atoms with van der Waals surface area (Å²) < 4.78 is 27.5. The van der Waals surface area contributed by atoms with Crippen molar-refractivity contribution in [2.24, 2.45) is 5.14 Å². The molecule has 0 radical (unpaired) electrons. The van der Waals surface area contributed by atoms with Gasteiger partial charge in [-0.1, -0.05) is 6.92 Å². The zero-order valence-corrected chi connectivity index (χ0v) is 11.1. The van der Waals surface area contributed by atoms with E-state index < -0.39 is 11.3 Å². The summed E-state index contributed by atoms with van der Waals surface area (Å²) in [5.41, 5.74) is 0. The highest BCUT2D eigenvalue weighted by atomic mass is 32.2. The normalized spacial score (nSPS) is 11.1. The summed E-state index contributed by atoms with van der Waals surface area (Å²) in [5, 5.41) is 5.81. The average Bonchev–Trinajstić information content (AvgIpc) is 2.73. The van der Waals surface area contributed by atoms with E-state index in [1.165, 1.54) is 11.3 Å². The molecule has 0 aliphatic heterocycles. The zero-order chi connectivity index (χ0) is 13.3. The number of nitrogens with two attached hydrogens (primary N) is 1. The average molecular weight is 280 g/mol. The summed E-state index contributed by atoms with van der Waals surface area (Å²) in [5.74, 6) is 0.434. The van der Waals surface area contributed by atoms with Gasteiger partial charge in [0.1, 0.15) is 10.6 Å². The van der Waals surface area contributed by atoms with Crippen molar-refractivity contribution in [2.45, 2.75) is 13.3 Å². The van der Waals surface area contributed by atoms with Gasteiger partial charge in [-0.2, -0.15) is 0 Å². The molecule has 0 aromatic carbocycles. The van der Waals surface area contributed by atoms with Crippen molar-refractivity contribution in [1.29, 1.82) is 0 Å². The Morgan fingerprint density at radius 3 is 2.65 bits per heavy atom. The fourth-order valence-corrected chi connectivity index (χ4v) is 1.55. The molecule has 0 aliphatic carbocycles. The van der Waals surface area contributed by atoms with E-state index in [9.17, 15) is 4.79 Å². The van der Waals surface area contributed by atoms with E-state index >= 15 is 0 Å². The van der Waals surface area contributed by atoms with Gasteiger partial charge >= 0.3 is 5.97 Å². The Kier molecular flexibility index (Phi) is 8.60. The second-order valence-electron chi connectivity index (χ2n) is 2.75. The van der Waals surface area contributed by atoms with Crippen molar-refractivity contribution in [3.63, 3.8) is 0 Å². The van der Waals surface area contributed by atoms with Gasteiger partial charge in [-0.05, 0) is 6.42 Å². The van der Waals surface area contributed by atoms with E-state index in [1.54, 1.807) is 18.6 Å². The predicted octanol–water partition coefficient (Wildman–Crippen LogP) is 1.06. The van der Waals surface area contributed by atoms with E-state index in [0.717, 1.165) is 6.42 Å². The summed E-state index contributed by atoms with van der Waals surface area (Å²) >= 11 is -1.03. The summed E-state index contributed by atoms with van der Waals surface area (Å²) in [6.07, 6.45) is 0.842. The topological polar surface area (TPSA) is 102 Å². The highest BCUT2D eigenvalue weighted by Gasteiger charge is 2.09. The van der Waals surface area contributed by atoms with Crippen LogP contribution in [0, 0.1) is 0 Å². The fraction of sp³-hybridized carbons (Fsp3) is 0.444. The van der Waals surface area contributed by atoms with Crippen molar-refractivity contribution in [3.8, 4) is 5.75 Å². The van der Waals surface area contributed by atoms with Gasteiger partial charge < -0.3 is 14.0 Å². The molecule has 17 heavy (non-hydrogen) atoms. The van der Waals surface area contributed by atoms with Gasteiger partial charge in [0.15, 0.2) is 0 Å². The van der Waals surface area contributed by atoms with Crippen molar-refractivity contribution in [2.75, 3.05) is 13.7 Å². The number of ether oxygens (including phenoxy) is 2. The van der Waals surface area contributed by atoms with Crippen LogP contribution in [-0.4, -0.2) is 28.4 Å². The first-order chi connectivity index (χ1) is 8.01. The van der Waals surface area contributed by atoms with Crippen LogP contribution in [0.5, 0.6) is 5.75 Å². The highest BCUT2D eigenvalue weighted by molar-refractivity contribution is 7.76. The molecule has 0 bridgehead atoms. The smallest absolute Gasteiger partial charge is 0.348 e. The molecule has 0 saturated heterocycles. The van der Waals surface area contributed by atoms with Gasteiger partial charge in [-0.15, -0.1) is 11.3 Å². The molecule has 1 unspecified atom stereocenters. The molecule has 8 heteroatoms.